The molecule has 3 nitrogen and oxygen atoms in total. The van der Waals surface area contributed by atoms with E-state index >= 15 is 0 Å². The molecule has 90 valence electrons. The first kappa shape index (κ1) is 13.5. The Morgan fingerprint density at radius 2 is 2.38 bits per heavy atom. The van der Waals surface area contributed by atoms with Gasteiger partial charge in [0.05, 0.1) is 6.61 Å². The average Bonchev–Trinajstić information content (AvgIpc) is 2.76. The van der Waals surface area contributed by atoms with Gasteiger partial charge in [0.2, 0.25) is 0 Å². The lowest BCUT2D eigenvalue weighted by atomic mass is 10.2. The largest absolute Gasteiger partial charge is 0.466 e. The highest BCUT2D eigenvalue weighted by Gasteiger charge is 2.01. The molecule has 1 heterocycles. The Hall–Kier alpha value is -0.550. The van der Waals surface area contributed by atoms with Crippen molar-refractivity contribution in [2.75, 3.05) is 12.4 Å². The van der Waals surface area contributed by atoms with E-state index in [0.29, 0.717) is 13.0 Å². The van der Waals surface area contributed by atoms with Crippen LogP contribution < -0.4 is 0 Å². The monoisotopic (exact) mass is 259 g/mol. The molecule has 0 saturated carbocycles. The first-order chi connectivity index (χ1) is 7.83. The minimum Gasteiger partial charge on any atom is -0.466 e. The van der Waals surface area contributed by atoms with Crippen LogP contribution >= 0.6 is 23.1 Å². The normalized spacial score (nSPS) is 10.3. The second-order valence-corrected chi connectivity index (χ2v) is 5.50. The number of carbonyl (C=O) groups excluding carboxylic acids is 1. The summed E-state index contributed by atoms with van der Waals surface area (Å²) in [5.74, 6) is 1.01. The zero-order valence-electron chi connectivity index (χ0n) is 9.48. The lowest BCUT2D eigenvalue weighted by molar-refractivity contribution is -0.143. The summed E-state index contributed by atoms with van der Waals surface area (Å²) >= 11 is 3.46. The van der Waals surface area contributed by atoms with Gasteiger partial charge >= 0.3 is 5.97 Å². The van der Waals surface area contributed by atoms with Gasteiger partial charge in [-0.2, -0.15) is 0 Å². The van der Waals surface area contributed by atoms with Crippen LogP contribution in [0.2, 0.25) is 0 Å². The highest BCUT2D eigenvalue weighted by molar-refractivity contribution is 8.00. The smallest absolute Gasteiger partial charge is 0.305 e. The fourth-order valence-corrected chi connectivity index (χ4v) is 2.93. The van der Waals surface area contributed by atoms with Gasteiger partial charge in [-0.3, -0.25) is 4.79 Å². The Bertz CT molecular complexity index is 288. The zero-order chi connectivity index (χ0) is 11.6. The number of nitrogens with zero attached hydrogens (tertiary/aromatic N) is 1. The number of thiazole rings is 1. The molecule has 0 fully saturated rings. The molecule has 1 aromatic rings. The number of hydrogen-bond acceptors (Lipinski definition) is 5. The Balaban J connectivity index is 1.90. The Labute approximate surface area is 105 Å². The van der Waals surface area contributed by atoms with Crippen molar-refractivity contribution in [3.8, 4) is 0 Å². The molecule has 0 aliphatic heterocycles. The summed E-state index contributed by atoms with van der Waals surface area (Å²) in [6, 6.07) is 0. The molecule has 0 unspecified atom stereocenters. The number of unbranched alkanes of at least 4 members (excludes halogenated alkanes) is 2. The van der Waals surface area contributed by atoms with Gasteiger partial charge in [0, 0.05) is 23.8 Å². The molecule has 0 spiro atoms. The van der Waals surface area contributed by atoms with E-state index in [4.69, 9.17) is 4.74 Å². The van der Waals surface area contributed by atoms with E-state index in [9.17, 15) is 4.79 Å². The first-order valence-corrected chi connectivity index (χ1v) is 7.37. The van der Waals surface area contributed by atoms with Crippen molar-refractivity contribution in [3.63, 3.8) is 0 Å². The SMILES string of the molecule is CCOC(=O)CCCCCSc1nccs1. The lowest BCUT2D eigenvalue weighted by Gasteiger charge is -2.01. The Morgan fingerprint density at radius 3 is 3.06 bits per heavy atom. The number of esters is 1. The van der Waals surface area contributed by atoms with Crippen molar-refractivity contribution < 1.29 is 9.53 Å². The standard InChI is InChI=1S/C11H17NO2S2/c1-2-14-10(13)6-4-3-5-8-15-11-12-7-9-16-11/h7,9H,2-6,8H2,1H3. The first-order valence-electron chi connectivity index (χ1n) is 5.51. The van der Waals surface area contributed by atoms with Crippen molar-refractivity contribution in [2.45, 2.75) is 36.9 Å². The fourth-order valence-electron chi connectivity index (χ4n) is 1.22. The molecule has 0 aromatic carbocycles. The number of carbonyl (C=O) groups is 1. The second-order valence-electron chi connectivity index (χ2n) is 3.26. The number of hydrogen-bond donors (Lipinski definition) is 0. The summed E-state index contributed by atoms with van der Waals surface area (Å²) in [7, 11) is 0. The van der Waals surface area contributed by atoms with Crippen LogP contribution in [0.3, 0.4) is 0 Å². The molecule has 0 amide bonds. The van der Waals surface area contributed by atoms with E-state index in [0.717, 1.165) is 29.4 Å². The van der Waals surface area contributed by atoms with Gasteiger partial charge in [0.15, 0.2) is 0 Å². The molecular formula is C11H17NO2S2. The van der Waals surface area contributed by atoms with Crippen LogP contribution in [0.4, 0.5) is 0 Å². The zero-order valence-corrected chi connectivity index (χ0v) is 11.1. The van der Waals surface area contributed by atoms with Crippen molar-refractivity contribution in [1.29, 1.82) is 0 Å². The highest BCUT2D eigenvalue weighted by atomic mass is 32.2. The summed E-state index contributed by atoms with van der Waals surface area (Å²) < 4.78 is 5.98. The van der Waals surface area contributed by atoms with Crippen LogP contribution in [0.5, 0.6) is 0 Å². The third-order valence-corrected chi connectivity index (χ3v) is 4.02. The van der Waals surface area contributed by atoms with Crippen molar-refractivity contribution in [3.05, 3.63) is 11.6 Å². The van der Waals surface area contributed by atoms with E-state index in [2.05, 4.69) is 4.98 Å². The quantitative estimate of drug-likeness (QED) is 0.408. The minimum absolute atomic E-state index is 0.0740. The maximum Gasteiger partial charge on any atom is 0.305 e. The molecule has 0 atom stereocenters. The summed E-state index contributed by atoms with van der Waals surface area (Å²) in [6.07, 6.45) is 5.52. The van der Waals surface area contributed by atoms with E-state index in [1.54, 1.807) is 23.1 Å². The lowest BCUT2D eigenvalue weighted by Crippen LogP contribution is -2.03. The molecular weight excluding hydrogens is 242 g/mol. The van der Waals surface area contributed by atoms with Gasteiger partial charge in [-0.1, -0.05) is 18.2 Å². The molecule has 0 N–H and O–H groups in total. The van der Waals surface area contributed by atoms with E-state index in [-0.39, 0.29) is 5.97 Å². The Morgan fingerprint density at radius 1 is 1.50 bits per heavy atom. The predicted octanol–water partition coefficient (Wildman–Crippen LogP) is 3.36. The van der Waals surface area contributed by atoms with E-state index < -0.39 is 0 Å². The second kappa shape index (κ2) is 8.58. The van der Waals surface area contributed by atoms with Crippen LogP contribution in [0.25, 0.3) is 0 Å². The topological polar surface area (TPSA) is 39.2 Å². The predicted molar refractivity (Wildman–Crippen MR) is 67.9 cm³/mol. The van der Waals surface area contributed by atoms with Gasteiger partial charge in [0.1, 0.15) is 4.34 Å². The van der Waals surface area contributed by atoms with Gasteiger partial charge in [-0.05, 0) is 19.8 Å². The van der Waals surface area contributed by atoms with Gasteiger partial charge in [-0.15, -0.1) is 11.3 Å². The molecule has 1 aromatic heterocycles. The number of aromatic nitrogens is 1. The molecule has 0 radical (unpaired) electrons. The van der Waals surface area contributed by atoms with Crippen LogP contribution in [-0.4, -0.2) is 23.3 Å². The third-order valence-electron chi connectivity index (χ3n) is 1.97. The molecule has 1 rings (SSSR count). The maximum atomic E-state index is 11.0. The molecule has 0 saturated heterocycles. The summed E-state index contributed by atoms with van der Waals surface area (Å²) in [5, 5.41) is 1.99. The van der Waals surface area contributed by atoms with E-state index in [1.165, 1.54) is 0 Å². The molecule has 0 aliphatic carbocycles. The Kier molecular flexibility index (Phi) is 7.25. The van der Waals surface area contributed by atoms with Crippen LogP contribution in [0.1, 0.15) is 32.6 Å². The number of thioether (sulfide) groups is 1. The third kappa shape index (κ3) is 6.12. The van der Waals surface area contributed by atoms with Gasteiger partial charge in [0.25, 0.3) is 0 Å². The maximum absolute atomic E-state index is 11.0. The molecule has 0 bridgehead atoms. The summed E-state index contributed by atoms with van der Waals surface area (Å²) in [6.45, 7) is 2.32. The molecule has 5 heteroatoms. The van der Waals surface area contributed by atoms with E-state index in [1.807, 2.05) is 18.5 Å². The number of rotatable bonds is 8. The molecule has 16 heavy (non-hydrogen) atoms. The molecule has 0 aliphatic rings. The van der Waals surface area contributed by atoms with Crippen LogP contribution in [-0.2, 0) is 9.53 Å². The highest BCUT2D eigenvalue weighted by Crippen LogP contribution is 2.21. The van der Waals surface area contributed by atoms with Crippen LogP contribution in [0.15, 0.2) is 15.9 Å². The average molecular weight is 259 g/mol. The summed E-state index contributed by atoms with van der Waals surface area (Å²) in [4.78, 5) is 15.2. The summed E-state index contributed by atoms with van der Waals surface area (Å²) in [5.41, 5.74) is 0. The van der Waals surface area contributed by atoms with Crippen molar-refractivity contribution in [1.82, 2.24) is 4.98 Å². The minimum atomic E-state index is -0.0740. The van der Waals surface area contributed by atoms with Gasteiger partial charge in [-0.25, -0.2) is 4.98 Å². The number of ether oxygens (including phenoxy) is 1. The van der Waals surface area contributed by atoms with Crippen LogP contribution in [0, 0.1) is 0 Å². The van der Waals surface area contributed by atoms with Gasteiger partial charge < -0.3 is 4.74 Å². The fraction of sp³-hybridized carbons (Fsp3) is 0.636. The van der Waals surface area contributed by atoms with Crippen molar-refractivity contribution >= 4 is 29.1 Å². The van der Waals surface area contributed by atoms with Crippen molar-refractivity contribution in [2.24, 2.45) is 0 Å².